The van der Waals surface area contributed by atoms with E-state index in [0.717, 1.165) is 18.4 Å². The minimum atomic E-state index is -0.417. The van der Waals surface area contributed by atoms with E-state index >= 15 is 0 Å². The molecule has 26 heavy (non-hydrogen) atoms. The Hall–Kier alpha value is -2.31. The standard InChI is InChI=1S/C19H25N3O3.ClH/c1-4-19(5-2,12-20)22-17(23)14-9-8-13(3)15(11-14)21-18(24)16-7-6-10-25-16;/h6-11H,4-5,12,20H2,1-3H3,(H,21,24)(H,22,23);1H. The highest BCUT2D eigenvalue weighted by molar-refractivity contribution is 6.04. The number of nitrogens with two attached hydrogens (primary N) is 1. The zero-order valence-electron chi connectivity index (χ0n) is 15.3. The quantitative estimate of drug-likeness (QED) is 0.685. The molecular formula is C19H26ClN3O3. The van der Waals surface area contributed by atoms with Gasteiger partial charge in [-0.25, -0.2) is 0 Å². The van der Waals surface area contributed by atoms with Crippen LogP contribution in [-0.4, -0.2) is 23.9 Å². The number of halogens is 1. The van der Waals surface area contributed by atoms with Crippen LogP contribution in [0.4, 0.5) is 5.69 Å². The van der Waals surface area contributed by atoms with Crippen LogP contribution in [0.25, 0.3) is 0 Å². The van der Waals surface area contributed by atoms with Gasteiger partial charge < -0.3 is 20.8 Å². The SMILES string of the molecule is CCC(CC)(CN)NC(=O)c1ccc(C)c(NC(=O)c2ccco2)c1.Cl. The molecule has 0 bridgehead atoms. The maximum atomic E-state index is 12.6. The predicted molar refractivity (Wildman–Crippen MR) is 105 cm³/mol. The van der Waals surface area contributed by atoms with Crippen molar-refractivity contribution in [2.75, 3.05) is 11.9 Å². The zero-order chi connectivity index (χ0) is 18.4. The van der Waals surface area contributed by atoms with Gasteiger partial charge in [0.2, 0.25) is 0 Å². The Morgan fingerprint density at radius 2 is 1.85 bits per heavy atom. The molecule has 0 radical (unpaired) electrons. The first-order valence-electron chi connectivity index (χ1n) is 8.42. The summed E-state index contributed by atoms with van der Waals surface area (Å²) < 4.78 is 5.09. The second-order valence-electron chi connectivity index (χ2n) is 6.11. The van der Waals surface area contributed by atoms with E-state index in [0.29, 0.717) is 17.8 Å². The molecule has 7 heteroatoms. The van der Waals surface area contributed by atoms with Crippen LogP contribution in [0.2, 0.25) is 0 Å². The molecule has 2 amide bonds. The van der Waals surface area contributed by atoms with E-state index < -0.39 is 5.54 Å². The third-order valence-electron chi connectivity index (χ3n) is 4.62. The fourth-order valence-corrected chi connectivity index (χ4v) is 2.57. The number of hydrogen-bond donors (Lipinski definition) is 3. The summed E-state index contributed by atoms with van der Waals surface area (Å²) in [5.41, 5.74) is 7.33. The monoisotopic (exact) mass is 379 g/mol. The molecule has 0 spiro atoms. The molecule has 0 atom stereocenters. The lowest BCUT2D eigenvalue weighted by atomic mass is 9.92. The van der Waals surface area contributed by atoms with Gasteiger partial charge in [0.25, 0.3) is 11.8 Å². The number of benzene rings is 1. The Labute approximate surface area is 159 Å². The first-order valence-corrected chi connectivity index (χ1v) is 8.42. The highest BCUT2D eigenvalue weighted by atomic mass is 35.5. The molecule has 2 rings (SSSR count). The second kappa shape index (κ2) is 9.40. The van der Waals surface area contributed by atoms with Crippen LogP contribution < -0.4 is 16.4 Å². The predicted octanol–water partition coefficient (Wildman–Crippen LogP) is 3.51. The van der Waals surface area contributed by atoms with E-state index in [4.69, 9.17) is 10.2 Å². The highest BCUT2D eigenvalue weighted by Crippen LogP contribution is 2.20. The minimum Gasteiger partial charge on any atom is -0.459 e. The summed E-state index contributed by atoms with van der Waals surface area (Å²) >= 11 is 0. The van der Waals surface area contributed by atoms with Gasteiger partial charge >= 0.3 is 0 Å². The van der Waals surface area contributed by atoms with E-state index in [-0.39, 0.29) is 30.0 Å². The van der Waals surface area contributed by atoms with Crippen LogP contribution in [0.1, 0.15) is 53.2 Å². The molecule has 0 saturated heterocycles. The topological polar surface area (TPSA) is 97.4 Å². The lowest BCUT2D eigenvalue weighted by molar-refractivity contribution is 0.0894. The van der Waals surface area contributed by atoms with Crippen molar-refractivity contribution in [2.24, 2.45) is 5.73 Å². The van der Waals surface area contributed by atoms with Crippen molar-refractivity contribution in [1.82, 2.24) is 5.32 Å². The number of nitrogens with one attached hydrogen (secondary N) is 2. The van der Waals surface area contributed by atoms with E-state index in [2.05, 4.69) is 10.6 Å². The number of amides is 2. The van der Waals surface area contributed by atoms with Crippen LogP contribution in [0.3, 0.4) is 0 Å². The van der Waals surface area contributed by atoms with Crippen LogP contribution >= 0.6 is 12.4 Å². The summed E-state index contributed by atoms with van der Waals surface area (Å²) in [5.74, 6) is -0.347. The summed E-state index contributed by atoms with van der Waals surface area (Å²) in [4.78, 5) is 24.8. The number of furan rings is 1. The van der Waals surface area contributed by atoms with Crippen LogP contribution in [0.15, 0.2) is 41.0 Å². The number of carbonyl (C=O) groups is 2. The third-order valence-corrected chi connectivity index (χ3v) is 4.62. The average Bonchev–Trinajstić information content (AvgIpc) is 3.16. The summed E-state index contributed by atoms with van der Waals surface area (Å²) in [6.45, 7) is 6.24. The molecule has 1 aromatic heterocycles. The normalized spacial score (nSPS) is 10.8. The van der Waals surface area contributed by atoms with Crippen LogP contribution in [0.5, 0.6) is 0 Å². The van der Waals surface area contributed by atoms with Gasteiger partial charge in [0, 0.05) is 17.8 Å². The maximum absolute atomic E-state index is 12.6. The number of rotatable bonds is 7. The molecule has 6 nitrogen and oxygen atoms in total. The number of carbonyl (C=O) groups excluding carboxylic acids is 2. The Kier molecular flexibility index (Phi) is 7.86. The van der Waals surface area contributed by atoms with Crippen molar-refractivity contribution in [3.8, 4) is 0 Å². The molecule has 2 aromatic rings. The van der Waals surface area contributed by atoms with Gasteiger partial charge in [0.1, 0.15) is 0 Å². The van der Waals surface area contributed by atoms with Crippen LogP contribution in [0, 0.1) is 6.92 Å². The summed E-state index contributed by atoms with van der Waals surface area (Å²) in [5, 5.41) is 5.80. The molecule has 0 fully saturated rings. The van der Waals surface area contributed by atoms with Gasteiger partial charge in [0.05, 0.1) is 11.8 Å². The Bertz CT molecular complexity index is 732. The fraction of sp³-hybridized carbons (Fsp3) is 0.368. The van der Waals surface area contributed by atoms with Gasteiger partial charge in [-0.3, -0.25) is 9.59 Å². The molecule has 0 aliphatic carbocycles. The molecule has 142 valence electrons. The Morgan fingerprint density at radius 1 is 1.15 bits per heavy atom. The van der Waals surface area contributed by atoms with Gasteiger partial charge in [-0.15, -0.1) is 12.4 Å². The first kappa shape index (κ1) is 21.7. The van der Waals surface area contributed by atoms with Gasteiger partial charge in [-0.2, -0.15) is 0 Å². The molecule has 0 aliphatic heterocycles. The minimum absolute atomic E-state index is 0. The Balaban J connectivity index is 0.00000338. The Morgan fingerprint density at radius 3 is 2.38 bits per heavy atom. The number of anilines is 1. The lowest BCUT2D eigenvalue weighted by Gasteiger charge is -2.31. The second-order valence-corrected chi connectivity index (χ2v) is 6.11. The van der Waals surface area contributed by atoms with Crippen molar-refractivity contribution in [2.45, 2.75) is 39.2 Å². The van der Waals surface area contributed by atoms with Crippen molar-refractivity contribution in [3.05, 3.63) is 53.5 Å². The molecule has 1 aromatic carbocycles. The smallest absolute Gasteiger partial charge is 0.291 e. The van der Waals surface area contributed by atoms with Crippen molar-refractivity contribution >= 4 is 29.9 Å². The fourth-order valence-electron chi connectivity index (χ4n) is 2.57. The van der Waals surface area contributed by atoms with Crippen molar-refractivity contribution in [3.63, 3.8) is 0 Å². The summed E-state index contributed by atoms with van der Waals surface area (Å²) in [6, 6.07) is 8.43. The largest absolute Gasteiger partial charge is 0.459 e. The maximum Gasteiger partial charge on any atom is 0.291 e. The van der Waals surface area contributed by atoms with Gasteiger partial charge in [-0.1, -0.05) is 19.9 Å². The summed E-state index contributed by atoms with van der Waals surface area (Å²) in [6.07, 6.45) is 2.94. The van der Waals surface area contributed by atoms with E-state index in [9.17, 15) is 9.59 Å². The first-order chi connectivity index (χ1) is 11.9. The van der Waals surface area contributed by atoms with Gasteiger partial charge in [0.15, 0.2) is 5.76 Å². The number of hydrogen-bond acceptors (Lipinski definition) is 4. The van der Waals surface area contributed by atoms with E-state index in [1.807, 2.05) is 20.8 Å². The van der Waals surface area contributed by atoms with Crippen molar-refractivity contribution in [1.29, 1.82) is 0 Å². The molecular weight excluding hydrogens is 354 g/mol. The summed E-state index contributed by atoms with van der Waals surface area (Å²) in [7, 11) is 0. The molecule has 0 unspecified atom stereocenters. The molecule has 4 N–H and O–H groups in total. The van der Waals surface area contributed by atoms with E-state index in [1.165, 1.54) is 6.26 Å². The lowest BCUT2D eigenvalue weighted by Crippen LogP contribution is -2.52. The van der Waals surface area contributed by atoms with Gasteiger partial charge in [-0.05, 0) is 49.6 Å². The third kappa shape index (κ3) is 4.86. The van der Waals surface area contributed by atoms with E-state index in [1.54, 1.807) is 30.3 Å². The molecule has 0 saturated carbocycles. The molecule has 0 aliphatic rings. The molecule has 1 heterocycles. The van der Waals surface area contributed by atoms with Crippen LogP contribution in [-0.2, 0) is 0 Å². The highest BCUT2D eigenvalue weighted by Gasteiger charge is 2.27. The van der Waals surface area contributed by atoms with Crippen molar-refractivity contribution < 1.29 is 14.0 Å². The zero-order valence-corrected chi connectivity index (χ0v) is 16.1. The average molecular weight is 380 g/mol. The number of aryl methyl sites for hydroxylation is 1.